The van der Waals surface area contributed by atoms with Crippen LogP contribution in [0.25, 0.3) is 0 Å². The summed E-state index contributed by atoms with van der Waals surface area (Å²) < 4.78 is 23.1. The summed E-state index contributed by atoms with van der Waals surface area (Å²) in [7, 11) is 0. The van der Waals surface area contributed by atoms with E-state index in [1.165, 1.54) is 0 Å². The fourth-order valence-electron chi connectivity index (χ4n) is 1.64. The Balaban J connectivity index is 2.81. The molecular formula is C14H22FNO2. The number of hydrogen-bond donors (Lipinski definition) is 1. The Morgan fingerprint density at radius 1 is 1.28 bits per heavy atom. The van der Waals surface area contributed by atoms with E-state index in [1.54, 1.807) is 0 Å². The van der Waals surface area contributed by atoms with E-state index in [0.717, 1.165) is 17.7 Å². The Morgan fingerprint density at radius 2 is 2.06 bits per heavy atom. The second-order valence-corrected chi connectivity index (χ2v) is 4.34. The zero-order valence-electron chi connectivity index (χ0n) is 11.1. The van der Waals surface area contributed by atoms with Gasteiger partial charge in [0.15, 0.2) is 0 Å². The Bertz CT molecular complexity index is 356. The zero-order valence-corrected chi connectivity index (χ0v) is 11.1. The van der Waals surface area contributed by atoms with Gasteiger partial charge < -0.3 is 15.2 Å². The summed E-state index contributed by atoms with van der Waals surface area (Å²) in [5, 5.41) is 0. The van der Waals surface area contributed by atoms with Crippen LogP contribution in [0.2, 0.25) is 0 Å². The SMILES string of the molecule is CCCOc1ccc(CC(C)N)c(OCCF)c1. The molecule has 102 valence electrons. The molecule has 0 bridgehead atoms. The first-order chi connectivity index (χ1) is 8.67. The van der Waals surface area contributed by atoms with Crippen molar-refractivity contribution in [1.82, 2.24) is 0 Å². The molecule has 3 nitrogen and oxygen atoms in total. The summed E-state index contributed by atoms with van der Waals surface area (Å²) in [5.74, 6) is 1.41. The summed E-state index contributed by atoms with van der Waals surface area (Å²) in [5.41, 5.74) is 6.77. The second-order valence-electron chi connectivity index (χ2n) is 4.34. The van der Waals surface area contributed by atoms with Gasteiger partial charge in [-0.1, -0.05) is 13.0 Å². The van der Waals surface area contributed by atoms with Gasteiger partial charge in [0.1, 0.15) is 24.8 Å². The molecule has 0 aromatic heterocycles. The van der Waals surface area contributed by atoms with Gasteiger partial charge >= 0.3 is 0 Å². The molecule has 2 N–H and O–H groups in total. The molecule has 0 heterocycles. The van der Waals surface area contributed by atoms with E-state index in [0.29, 0.717) is 18.8 Å². The van der Waals surface area contributed by atoms with E-state index in [-0.39, 0.29) is 12.6 Å². The molecule has 0 aliphatic heterocycles. The first kappa shape index (κ1) is 14.8. The number of rotatable bonds is 8. The lowest BCUT2D eigenvalue weighted by molar-refractivity contribution is 0.267. The van der Waals surface area contributed by atoms with Crippen LogP contribution in [0.1, 0.15) is 25.8 Å². The van der Waals surface area contributed by atoms with Crippen molar-refractivity contribution >= 4 is 0 Å². The third-order valence-corrected chi connectivity index (χ3v) is 2.39. The van der Waals surface area contributed by atoms with E-state index >= 15 is 0 Å². The molecule has 18 heavy (non-hydrogen) atoms. The van der Waals surface area contributed by atoms with Gasteiger partial charge in [0, 0.05) is 12.1 Å². The van der Waals surface area contributed by atoms with E-state index in [2.05, 4.69) is 0 Å². The van der Waals surface area contributed by atoms with Crippen molar-refractivity contribution in [2.24, 2.45) is 5.73 Å². The lowest BCUT2D eigenvalue weighted by Gasteiger charge is -2.14. The molecule has 0 fully saturated rings. The maximum absolute atomic E-state index is 12.2. The number of hydrogen-bond acceptors (Lipinski definition) is 3. The van der Waals surface area contributed by atoms with Gasteiger partial charge in [-0.3, -0.25) is 0 Å². The molecule has 1 unspecified atom stereocenters. The summed E-state index contributed by atoms with van der Waals surface area (Å²) >= 11 is 0. The van der Waals surface area contributed by atoms with Crippen LogP contribution in [0.4, 0.5) is 4.39 Å². The predicted molar refractivity (Wildman–Crippen MR) is 71.1 cm³/mol. The largest absolute Gasteiger partial charge is 0.493 e. The van der Waals surface area contributed by atoms with E-state index in [9.17, 15) is 4.39 Å². The molecule has 1 atom stereocenters. The van der Waals surface area contributed by atoms with Crippen LogP contribution in [0.15, 0.2) is 18.2 Å². The van der Waals surface area contributed by atoms with Crippen molar-refractivity contribution in [3.63, 3.8) is 0 Å². The van der Waals surface area contributed by atoms with E-state index < -0.39 is 6.67 Å². The highest BCUT2D eigenvalue weighted by molar-refractivity contribution is 5.41. The fraction of sp³-hybridized carbons (Fsp3) is 0.571. The number of alkyl halides is 1. The zero-order chi connectivity index (χ0) is 13.4. The maximum Gasteiger partial charge on any atom is 0.126 e. The highest BCUT2D eigenvalue weighted by Crippen LogP contribution is 2.26. The predicted octanol–water partition coefficient (Wildman–Crippen LogP) is 2.71. The molecule has 1 rings (SSSR count). The molecular weight excluding hydrogens is 233 g/mol. The van der Waals surface area contributed by atoms with E-state index in [4.69, 9.17) is 15.2 Å². The Kier molecular flexibility index (Phi) is 6.50. The van der Waals surface area contributed by atoms with Crippen LogP contribution >= 0.6 is 0 Å². The van der Waals surface area contributed by atoms with Crippen LogP contribution in [0.3, 0.4) is 0 Å². The van der Waals surface area contributed by atoms with Crippen molar-refractivity contribution in [3.8, 4) is 11.5 Å². The first-order valence-electron chi connectivity index (χ1n) is 6.37. The number of benzene rings is 1. The average molecular weight is 255 g/mol. The highest BCUT2D eigenvalue weighted by atomic mass is 19.1. The lowest BCUT2D eigenvalue weighted by atomic mass is 10.1. The smallest absolute Gasteiger partial charge is 0.126 e. The third kappa shape index (κ3) is 4.92. The van der Waals surface area contributed by atoms with Crippen molar-refractivity contribution in [2.75, 3.05) is 19.9 Å². The van der Waals surface area contributed by atoms with Crippen LogP contribution in [-0.2, 0) is 6.42 Å². The Hall–Kier alpha value is -1.29. The molecule has 1 aromatic carbocycles. The third-order valence-electron chi connectivity index (χ3n) is 2.39. The summed E-state index contributed by atoms with van der Waals surface area (Å²) in [6.07, 6.45) is 1.65. The molecule has 0 aliphatic carbocycles. The summed E-state index contributed by atoms with van der Waals surface area (Å²) in [4.78, 5) is 0. The topological polar surface area (TPSA) is 44.5 Å². The van der Waals surface area contributed by atoms with Crippen LogP contribution < -0.4 is 15.2 Å². The molecule has 0 amide bonds. The lowest BCUT2D eigenvalue weighted by Crippen LogP contribution is -2.18. The van der Waals surface area contributed by atoms with Crippen LogP contribution in [-0.4, -0.2) is 25.9 Å². The second kappa shape index (κ2) is 7.93. The van der Waals surface area contributed by atoms with Crippen LogP contribution in [0.5, 0.6) is 11.5 Å². The standard InChI is InChI=1S/C14H22FNO2/c1-3-7-17-13-5-4-12(9-11(2)16)14(10-13)18-8-6-15/h4-5,10-11H,3,6-9,16H2,1-2H3. The monoisotopic (exact) mass is 255 g/mol. The highest BCUT2D eigenvalue weighted by Gasteiger charge is 2.08. The van der Waals surface area contributed by atoms with Crippen LogP contribution in [0, 0.1) is 0 Å². The van der Waals surface area contributed by atoms with Gasteiger partial charge in [-0.15, -0.1) is 0 Å². The number of ether oxygens (including phenoxy) is 2. The minimum Gasteiger partial charge on any atom is -0.493 e. The molecule has 4 heteroatoms. The molecule has 1 aromatic rings. The van der Waals surface area contributed by atoms with Gasteiger partial charge in [-0.2, -0.15) is 0 Å². The number of nitrogens with two attached hydrogens (primary N) is 1. The normalized spacial score (nSPS) is 12.2. The minimum absolute atomic E-state index is 0.0418. The molecule has 0 radical (unpaired) electrons. The van der Waals surface area contributed by atoms with Crippen molar-refractivity contribution < 1.29 is 13.9 Å². The maximum atomic E-state index is 12.2. The van der Waals surface area contributed by atoms with Gasteiger partial charge in [-0.05, 0) is 31.4 Å². The van der Waals surface area contributed by atoms with Gasteiger partial charge in [0.05, 0.1) is 6.61 Å². The Labute approximate surface area is 108 Å². The van der Waals surface area contributed by atoms with E-state index in [1.807, 2.05) is 32.0 Å². The molecule has 0 spiro atoms. The van der Waals surface area contributed by atoms with Crippen molar-refractivity contribution in [1.29, 1.82) is 0 Å². The van der Waals surface area contributed by atoms with Gasteiger partial charge in [0.2, 0.25) is 0 Å². The molecule has 0 saturated carbocycles. The van der Waals surface area contributed by atoms with Crippen molar-refractivity contribution in [3.05, 3.63) is 23.8 Å². The summed E-state index contributed by atoms with van der Waals surface area (Å²) in [6.45, 7) is 4.20. The molecule has 0 aliphatic rings. The summed E-state index contributed by atoms with van der Waals surface area (Å²) in [6, 6.07) is 5.68. The number of halogens is 1. The minimum atomic E-state index is -0.502. The first-order valence-corrected chi connectivity index (χ1v) is 6.37. The average Bonchev–Trinajstić information content (AvgIpc) is 2.35. The fourth-order valence-corrected chi connectivity index (χ4v) is 1.64. The van der Waals surface area contributed by atoms with Gasteiger partial charge in [-0.25, -0.2) is 4.39 Å². The van der Waals surface area contributed by atoms with Crippen molar-refractivity contribution in [2.45, 2.75) is 32.7 Å². The Morgan fingerprint density at radius 3 is 2.67 bits per heavy atom. The molecule has 0 saturated heterocycles. The quantitative estimate of drug-likeness (QED) is 0.776. The van der Waals surface area contributed by atoms with Gasteiger partial charge in [0.25, 0.3) is 0 Å².